The van der Waals surface area contributed by atoms with Crippen molar-refractivity contribution in [3.8, 4) is 0 Å². The van der Waals surface area contributed by atoms with Gasteiger partial charge in [-0.3, -0.25) is 0 Å². The molecule has 1 aliphatic rings. The lowest BCUT2D eigenvalue weighted by Gasteiger charge is -2.34. The monoisotopic (exact) mass is 166 g/mol. The minimum atomic E-state index is 0.511. The summed E-state index contributed by atoms with van der Waals surface area (Å²) < 4.78 is 0. The van der Waals surface area contributed by atoms with Crippen molar-refractivity contribution >= 4 is 0 Å². The first-order valence-corrected chi connectivity index (χ1v) is 5.02. The third kappa shape index (κ3) is 1.57. The molecule has 1 saturated carbocycles. The molecule has 0 N–H and O–H groups in total. The quantitative estimate of drug-likeness (QED) is 0.516. The van der Waals surface area contributed by atoms with E-state index < -0.39 is 0 Å². The molecular formula is C12H22. The van der Waals surface area contributed by atoms with Crippen LogP contribution in [0.5, 0.6) is 0 Å². The minimum absolute atomic E-state index is 0.511. The third-order valence-electron chi connectivity index (χ3n) is 3.84. The average molecular weight is 166 g/mol. The van der Waals surface area contributed by atoms with Gasteiger partial charge in [0, 0.05) is 0 Å². The first-order valence-electron chi connectivity index (χ1n) is 5.02. The second-order valence-electron chi connectivity index (χ2n) is 5.46. The van der Waals surface area contributed by atoms with Gasteiger partial charge in [-0.15, -0.1) is 0 Å². The smallest absolute Gasteiger partial charge is 0.0223 e. The molecule has 0 heterocycles. The van der Waals surface area contributed by atoms with Crippen LogP contribution in [0.3, 0.4) is 0 Å². The molecule has 0 bridgehead atoms. The zero-order chi connectivity index (χ0) is 9.41. The van der Waals surface area contributed by atoms with Crippen LogP contribution in [-0.2, 0) is 0 Å². The molecule has 0 unspecified atom stereocenters. The Morgan fingerprint density at radius 3 is 1.75 bits per heavy atom. The van der Waals surface area contributed by atoms with Crippen LogP contribution in [0, 0.1) is 16.7 Å². The van der Waals surface area contributed by atoms with Gasteiger partial charge >= 0.3 is 0 Å². The summed E-state index contributed by atoms with van der Waals surface area (Å²) in [6, 6.07) is 0. The van der Waals surface area contributed by atoms with Gasteiger partial charge in [0.25, 0.3) is 0 Å². The Labute approximate surface area is 77.1 Å². The topological polar surface area (TPSA) is 0 Å². The van der Waals surface area contributed by atoms with E-state index in [-0.39, 0.29) is 0 Å². The van der Waals surface area contributed by atoms with Crippen LogP contribution in [0.15, 0.2) is 12.2 Å². The van der Waals surface area contributed by atoms with E-state index in [1.165, 1.54) is 12.8 Å². The second-order valence-corrected chi connectivity index (χ2v) is 5.46. The molecule has 1 aliphatic carbocycles. The van der Waals surface area contributed by atoms with Crippen LogP contribution in [-0.4, -0.2) is 0 Å². The zero-order valence-corrected chi connectivity index (χ0v) is 9.15. The summed E-state index contributed by atoms with van der Waals surface area (Å²) >= 11 is 0. The lowest BCUT2D eigenvalue weighted by Crippen LogP contribution is -2.25. The molecule has 0 amide bonds. The molecular weight excluding hydrogens is 144 g/mol. The zero-order valence-electron chi connectivity index (χ0n) is 9.15. The highest BCUT2D eigenvalue weighted by Crippen LogP contribution is 2.54. The van der Waals surface area contributed by atoms with Crippen molar-refractivity contribution in [1.82, 2.24) is 0 Å². The van der Waals surface area contributed by atoms with Gasteiger partial charge in [0.05, 0.1) is 0 Å². The standard InChI is InChI=1S/C12H22/c1-6-7-10-8-11(2,3)12(4,5)9-10/h6-7,10H,8-9H2,1-5H3/b7-6+. The first-order chi connectivity index (χ1) is 5.39. The average Bonchev–Trinajstić information content (AvgIpc) is 2.02. The largest absolute Gasteiger partial charge is 0.0914 e. The van der Waals surface area contributed by atoms with Crippen molar-refractivity contribution in [3.05, 3.63) is 12.2 Å². The number of hydrogen-bond acceptors (Lipinski definition) is 0. The fourth-order valence-corrected chi connectivity index (χ4v) is 2.34. The van der Waals surface area contributed by atoms with Gasteiger partial charge in [0.2, 0.25) is 0 Å². The Kier molecular flexibility index (Phi) is 2.38. The fraction of sp³-hybridized carbons (Fsp3) is 0.833. The molecule has 0 atom stereocenters. The summed E-state index contributed by atoms with van der Waals surface area (Å²) in [6.07, 6.45) is 7.27. The van der Waals surface area contributed by atoms with Gasteiger partial charge in [-0.25, -0.2) is 0 Å². The Balaban J connectivity index is 2.74. The summed E-state index contributed by atoms with van der Waals surface area (Å²) in [7, 11) is 0. The van der Waals surface area contributed by atoms with Gasteiger partial charge in [0.15, 0.2) is 0 Å². The molecule has 0 aromatic rings. The van der Waals surface area contributed by atoms with Crippen LogP contribution < -0.4 is 0 Å². The Hall–Kier alpha value is -0.260. The fourth-order valence-electron chi connectivity index (χ4n) is 2.34. The van der Waals surface area contributed by atoms with Gasteiger partial charge < -0.3 is 0 Å². The predicted octanol–water partition coefficient (Wildman–Crippen LogP) is 4.02. The van der Waals surface area contributed by atoms with Crippen LogP contribution in [0.25, 0.3) is 0 Å². The van der Waals surface area contributed by atoms with Gasteiger partial charge in [-0.1, -0.05) is 39.8 Å². The lowest BCUT2D eigenvalue weighted by molar-refractivity contribution is 0.157. The SMILES string of the molecule is C/C=C/C1CC(C)(C)C(C)(C)C1. The number of hydrogen-bond donors (Lipinski definition) is 0. The van der Waals surface area contributed by atoms with Crippen LogP contribution in [0.4, 0.5) is 0 Å². The van der Waals surface area contributed by atoms with Crippen molar-refractivity contribution in [2.24, 2.45) is 16.7 Å². The van der Waals surface area contributed by atoms with E-state index in [1.807, 2.05) is 0 Å². The van der Waals surface area contributed by atoms with E-state index in [0.717, 1.165) is 5.92 Å². The van der Waals surface area contributed by atoms with Crippen molar-refractivity contribution < 1.29 is 0 Å². The molecule has 0 aromatic carbocycles. The van der Waals surface area contributed by atoms with Crippen LogP contribution in [0.1, 0.15) is 47.5 Å². The van der Waals surface area contributed by atoms with E-state index in [1.54, 1.807) is 0 Å². The molecule has 0 spiro atoms. The summed E-state index contributed by atoms with van der Waals surface area (Å²) in [5, 5.41) is 0. The van der Waals surface area contributed by atoms with Crippen molar-refractivity contribution in [2.45, 2.75) is 47.5 Å². The summed E-state index contributed by atoms with van der Waals surface area (Å²) in [4.78, 5) is 0. The summed E-state index contributed by atoms with van der Waals surface area (Å²) in [5.41, 5.74) is 1.02. The van der Waals surface area contributed by atoms with E-state index >= 15 is 0 Å². The molecule has 1 fully saturated rings. The maximum atomic E-state index is 2.40. The van der Waals surface area contributed by atoms with E-state index in [2.05, 4.69) is 46.8 Å². The van der Waals surface area contributed by atoms with E-state index in [9.17, 15) is 0 Å². The lowest BCUT2D eigenvalue weighted by atomic mass is 9.71. The normalized spacial score (nSPS) is 28.4. The molecule has 70 valence electrons. The third-order valence-corrected chi connectivity index (χ3v) is 3.84. The van der Waals surface area contributed by atoms with Crippen molar-refractivity contribution in [3.63, 3.8) is 0 Å². The Morgan fingerprint density at radius 2 is 1.42 bits per heavy atom. The highest BCUT2D eigenvalue weighted by Gasteiger charge is 2.45. The van der Waals surface area contributed by atoms with Crippen LogP contribution in [0.2, 0.25) is 0 Å². The second kappa shape index (κ2) is 2.90. The molecule has 0 saturated heterocycles. The minimum Gasteiger partial charge on any atom is -0.0914 e. The molecule has 0 aliphatic heterocycles. The van der Waals surface area contributed by atoms with E-state index in [0.29, 0.717) is 10.8 Å². The van der Waals surface area contributed by atoms with Gasteiger partial charge in [-0.2, -0.15) is 0 Å². The molecule has 0 heteroatoms. The first kappa shape index (κ1) is 9.83. The molecule has 0 radical (unpaired) electrons. The maximum absolute atomic E-state index is 2.40. The highest BCUT2D eigenvalue weighted by atomic mass is 14.5. The van der Waals surface area contributed by atoms with Crippen molar-refractivity contribution in [2.75, 3.05) is 0 Å². The molecule has 12 heavy (non-hydrogen) atoms. The van der Waals surface area contributed by atoms with Gasteiger partial charge in [0.1, 0.15) is 0 Å². The molecule has 0 aromatic heterocycles. The molecule has 1 rings (SSSR count). The van der Waals surface area contributed by atoms with E-state index in [4.69, 9.17) is 0 Å². The van der Waals surface area contributed by atoms with Crippen molar-refractivity contribution in [1.29, 1.82) is 0 Å². The number of rotatable bonds is 1. The predicted molar refractivity (Wildman–Crippen MR) is 55.1 cm³/mol. The maximum Gasteiger partial charge on any atom is -0.0223 e. The number of allylic oxidation sites excluding steroid dienone is 2. The highest BCUT2D eigenvalue weighted by molar-refractivity contribution is 5.02. The van der Waals surface area contributed by atoms with Crippen LogP contribution >= 0.6 is 0 Å². The summed E-state index contributed by atoms with van der Waals surface area (Å²) in [5.74, 6) is 0.819. The Morgan fingerprint density at radius 1 is 1.00 bits per heavy atom. The van der Waals surface area contributed by atoms with Gasteiger partial charge in [-0.05, 0) is 36.5 Å². The molecule has 0 nitrogen and oxygen atoms in total. The Bertz CT molecular complexity index is 168. The summed E-state index contributed by atoms with van der Waals surface area (Å²) in [6.45, 7) is 11.7.